The molecule has 0 atom stereocenters. The number of H-pyrrole nitrogens is 1. The van der Waals surface area contributed by atoms with E-state index >= 15 is 0 Å². The van der Waals surface area contributed by atoms with E-state index in [4.69, 9.17) is 16.3 Å². The molecule has 0 aliphatic carbocycles. The molecule has 0 aliphatic heterocycles. The summed E-state index contributed by atoms with van der Waals surface area (Å²) in [5.74, 6) is 0.641. The first-order valence-corrected chi connectivity index (χ1v) is 4.97. The van der Waals surface area contributed by atoms with Gasteiger partial charge in [-0.25, -0.2) is 4.98 Å². The van der Waals surface area contributed by atoms with E-state index in [1.807, 2.05) is 0 Å². The first kappa shape index (κ1) is 10.7. The molecule has 0 aliphatic rings. The summed E-state index contributed by atoms with van der Waals surface area (Å²) in [6.45, 7) is 0. The van der Waals surface area contributed by atoms with Crippen molar-refractivity contribution < 1.29 is 4.74 Å². The minimum absolute atomic E-state index is 0.231. The van der Waals surface area contributed by atoms with Crippen molar-refractivity contribution in [3.63, 3.8) is 0 Å². The van der Waals surface area contributed by atoms with E-state index in [0.29, 0.717) is 21.9 Å². The molecule has 1 N–H and O–H groups in total. The number of nitrogens with zero attached hydrogens (tertiary/aromatic N) is 1. The number of ether oxygens (including phenoxy) is 1. The van der Waals surface area contributed by atoms with Crippen molar-refractivity contribution in [3.8, 4) is 16.9 Å². The molecule has 1 aromatic heterocycles. The third-order valence-electron chi connectivity index (χ3n) is 2.18. The zero-order valence-corrected chi connectivity index (χ0v) is 9.28. The Morgan fingerprint density at radius 1 is 1.38 bits per heavy atom. The lowest BCUT2D eigenvalue weighted by Crippen LogP contribution is -2.08. The lowest BCUT2D eigenvalue weighted by atomic mass is 10.1. The van der Waals surface area contributed by atoms with Crippen LogP contribution in [-0.4, -0.2) is 17.1 Å². The Kier molecular flexibility index (Phi) is 2.92. The number of benzene rings is 1. The highest BCUT2D eigenvalue weighted by molar-refractivity contribution is 6.33. The summed E-state index contributed by atoms with van der Waals surface area (Å²) >= 11 is 6.02. The van der Waals surface area contributed by atoms with Crippen LogP contribution in [0.2, 0.25) is 5.02 Å². The summed E-state index contributed by atoms with van der Waals surface area (Å²) in [5.41, 5.74) is 0.798. The highest BCUT2D eigenvalue weighted by atomic mass is 35.5. The average molecular weight is 237 g/mol. The normalized spacial score (nSPS) is 10.1. The Morgan fingerprint density at radius 3 is 2.88 bits per heavy atom. The molecule has 2 rings (SSSR count). The van der Waals surface area contributed by atoms with Crippen molar-refractivity contribution in [2.45, 2.75) is 0 Å². The first-order valence-electron chi connectivity index (χ1n) is 4.59. The van der Waals surface area contributed by atoms with Crippen molar-refractivity contribution in [1.82, 2.24) is 9.97 Å². The predicted molar refractivity (Wildman–Crippen MR) is 61.9 cm³/mol. The van der Waals surface area contributed by atoms with Gasteiger partial charge >= 0.3 is 0 Å². The molecule has 2 aromatic rings. The third kappa shape index (κ3) is 1.92. The summed E-state index contributed by atoms with van der Waals surface area (Å²) < 4.78 is 5.08. The van der Waals surface area contributed by atoms with E-state index in [2.05, 4.69) is 9.97 Å². The van der Waals surface area contributed by atoms with Gasteiger partial charge in [-0.15, -0.1) is 0 Å². The van der Waals surface area contributed by atoms with Gasteiger partial charge in [0, 0.05) is 16.8 Å². The summed E-state index contributed by atoms with van der Waals surface area (Å²) in [7, 11) is 1.56. The molecule has 0 saturated carbocycles. The van der Waals surface area contributed by atoms with Crippen molar-refractivity contribution >= 4 is 11.6 Å². The van der Waals surface area contributed by atoms with Crippen LogP contribution in [0.3, 0.4) is 0 Å². The molecular formula is C11H9ClN2O2. The van der Waals surface area contributed by atoms with Gasteiger partial charge in [-0.2, -0.15) is 0 Å². The zero-order valence-electron chi connectivity index (χ0n) is 8.53. The Bertz CT molecular complexity index is 566. The van der Waals surface area contributed by atoms with Gasteiger partial charge in [0.25, 0.3) is 5.56 Å². The molecular weight excluding hydrogens is 228 g/mol. The Balaban J connectivity index is 2.64. The van der Waals surface area contributed by atoms with E-state index in [9.17, 15) is 4.79 Å². The van der Waals surface area contributed by atoms with Gasteiger partial charge in [0.05, 0.1) is 19.0 Å². The lowest BCUT2D eigenvalue weighted by Gasteiger charge is -2.05. The molecule has 0 unspecified atom stereocenters. The van der Waals surface area contributed by atoms with E-state index in [0.717, 1.165) is 0 Å². The minimum Gasteiger partial charge on any atom is -0.497 e. The van der Waals surface area contributed by atoms with Crippen LogP contribution in [0.25, 0.3) is 11.1 Å². The van der Waals surface area contributed by atoms with Crippen molar-refractivity contribution in [1.29, 1.82) is 0 Å². The minimum atomic E-state index is -0.231. The lowest BCUT2D eigenvalue weighted by molar-refractivity contribution is 0.415. The number of rotatable bonds is 2. The molecule has 0 bridgehead atoms. The van der Waals surface area contributed by atoms with Gasteiger partial charge < -0.3 is 9.72 Å². The summed E-state index contributed by atoms with van der Waals surface area (Å²) in [6.07, 6.45) is 2.80. The monoisotopic (exact) mass is 236 g/mol. The SMILES string of the molecule is COc1ccc(Cl)c(-c2cnc[nH]c2=O)c1. The highest BCUT2D eigenvalue weighted by Crippen LogP contribution is 2.28. The average Bonchev–Trinajstić information content (AvgIpc) is 2.31. The largest absolute Gasteiger partial charge is 0.497 e. The number of aromatic nitrogens is 2. The first-order chi connectivity index (χ1) is 7.72. The third-order valence-corrected chi connectivity index (χ3v) is 2.51. The molecule has 0 saturated heterocycles. The molecule has 4 nitrogen and oxygen atoms in total. The van der Waals surface area contributed by atoms with Crippen LogP contribution < -0.4 is 10.3 Å². The van der Waals surface area contributed by atoms with Gasteiger partial charge in [-0.1, -0.05) is 11.6 Å². The molecule has 0 amide bonds. The summed E-state index contributed by atoms with van der Waals surface area (Å²) in [5, 5.41) is 0.485. The van der Waals surface area contributed by atoms with Crippen LogP contribution in [0.4, 0.5) is 0 Å². The number of halogens is 1. The maximum atomic E-state index is 11.6. The molecule has 0 fully saturated rings. The number of methoxy groups -OCH3 is 1. The molecule has 82 valence electrons. The second kappa shape index (κ2) is 4.37. The Labute approximate surface area is 96.9 Å². The fourth-order valence-electron chi connectivity index (χ4n) is 1.37. The van der Waals surface area contributed by atoms with Gasteiger partial charge in [-0.3, -0.25) is 4.79 Å². The quantitative estimate of drug-likeness (QED) is 0.869. The van der Waals surface area contributed by atoms with Crippen LogP contribution in [0, 0.1) is 0 Å². The van der Waals surface area contributed by atoms with E-state index in [-0.39, 0.29) is 5.56 Å². The van der Waals surface area contributed by atoms with Gasteiger partial charge in [-0.05, 0) is 18.2 Å². The van der Waals surface area contributed by atoms with Crippen LogP contribution in [-0.2, 0) is 0 Å². The van der Waals surface area contributed by atoms with Crippen LogP contribution in [0.15, 0.2) is 35.5 Å². The van der Waals surface area contributed by atoms with Gasteiger partial charge in [0.15, 0.2) is 0 Å². The molecule has 0 spiro atoms. The van der Waals surface area contributed by atoms with Gasteiger partial charge in [0.2, 0.25) is 0 Å². The predicted octanol–water partition coefficient (Wildman–Crippen LogP) is 2.10. The molecule has 0 radical (unpaired) electrons. The Hall–Kier alpha value is -1.81. The second-order valence-electron chi connectivity index (χ2n) is 3.14. The number of nitrogens with one attached hydrogen (secondary N) is 1. The highest BCUT2D eigenvalue weighted by Gasteiger charge is 2.08. The number of hydrogen-bond acceptors (Lipinski definition) is 3. The Morgan fingerprint density at radius 2 is 2.19 bits per heavy atom. The number of hydrogen-bond donors (Lipinski definition) is 1. The van der Waals surface area contributed by atoms with E-state index < -0.39 is 0 Å². The number of aromatic amines is 1. The van der Waals surface area contributed by atoms with E-state index in [1.165, 1.54) is 12.5 Å². The smallest absolute Gasteiger partial charge is 0.258 e. The van der Waals surface area contributed by atoms with Crippen molar-refractivity contribution in [2.75, 3.05) is 7.11 Å². The summed E-state index contributed by atoms with van der Waals surface area (Å²) in [6, 6.07) is 5.12. The zero-order chi connectivity index (χ0) is 11.5. The van der Waals surface area contributed by atoms with Crippen LogP contribution >= 0.6 is 11.6 Å². The summed E-state index contributed by atoms with van der Waals surface area (Å²) in [4.78, 5) is 17.9. The fraction of sp³-hybridized carbons (Fsp3) is 0.0909. The van der Waals surface area contributed by atoms with E-state index in [1.54, 1.807) is 25.3 Å². The molecule has 16 heavy (non-hydrogen) atoms. The van der Waals surface area contributed by atoms with Crippen molar-refractivity contribution in [3.05, 3.63) is 46.1 Å². The molecule has 1 aromatic carbocycles. The van der Waals surface area contributed by atoms with Gasteiger partial charge in [0.1, 0.15) is 5.75 Å². The molecule has 1 heterocycles. The van der Waals surface area contributed by atoms with Crippen LogP contribution in [0.5, 0.6) is 5.75 Å². The maximum absolute atomic E-state index is 11.6. The topological polar surface area (TPSA) is 55.0 Å². The maximum Gasteiger partial charge on any atom is 0.258 e. The molecule has 5 heteroatoms. The van der Waals surface area contributed by atoms with Crippen molar-refractivity contribution in [2.24, 2.45) is 0 Å². The standard InChI is InChI=1S/C11H9ClN2O2/c1-16-7-2-3-10(12)8(4-7)9-5-13-6-14-11(9)15/h2-6H,1H3,(H,13,14,15). The fourth-order valence-corrected chi connectivity index (χ4v) is 1.59. The van der Waals surface area contributed by atoms with Crippen LogP contribution in [0.1, 0.15) is 0 Å². The second-order valence-corrected chi connectivity index (χ2v) is 3.55.